The van der Waals surface area contributed by atoms with E-state index in [1.54, 1.807) is 11.2 Å². The van der Waals surface area contributed by atoms with Crippen LogP contribution in [0.25, 0.3) is 0 Å². The fraction of sp³-hybridized carbons (Fsp3) is 0.778. The molecule has 0 aliphatic carbocycles. The summed E-state index contributed by atoms with van der Waals surface area (Å²) in [5, 5.41) is 0. The van der Waals surface area contributed by atoms with Gasteiger partial charge in [0, 0.05) is 6.42 Å². The van der Waals surface area contributed by atoms with E-state index in [0.717, 1.165) is 12.2 Å². The highest BCUT2D eigenvalue weighted by molar-refractivity contribution is 4.97. The summed E-state index contributed by atoms with van der Waals surface area (Å²) in [6.45, 7) is 1.33. The van der Waals surface area contributed by atoms with Crippen molar-refractivity contribution in [1.29, 1.82) is 0 Å². The summed E-state index contributed by atoms with van der Waals surface area (Å²) in [7, 11) is 4.48. The monoisotopic (exact) mass is 299 g/mol. The third-order valence-electron chi connectivity index (χ3n) is 3.93. The average molecular weight is 299 g/mol. The number of furan rings is 1. The van der Waals surface area contributed by atoms with Crippen LogP contribution in [0.5, 0.6) is 0 Å². The quantitative estimate of drug-likeness (QED) is 0.535. The minimum atomic E-state index is 0. The molecule has 0 atom stereocenters. The van der Waals surface area contributed by atoms with Gasteiger partial charge in [-0.1, -0.05) is 44.9 Å². The third kappa shape index (κ3) is 12.6. The van der Waals surface area contributed by atoms with Gasteiger partial charge >= 0.3 is 0 Å². The summed E-state index contributed by atoms with van der Waals surface area (Å²) in [6, 6.07) is 4.06. The van der Waals surface area contributed by atoms with E-state index >= 15 is 0 Å². The van der Waals surface area contributed by atoms with Crippen molar-refractivity contribution in [3.63, 3.8) is 0 Å². The predicted molar refractivity (Wildman–Crippen MR) is 86.3 cm³/mol. The Bertz CT molecular complexity index is 298. The van der Waals surface area contributed by atoms with Crippen LogP contribution in [0, 0.1) is 0 Å². The first-order chi connectivity index (χ1) is 9.79. The topological polar surface area (TPSA) is 17.6 Å². The number of quaternary nitrogens is 1. The van der Waals surface area contributed by atoms with Gasteiger partial charge < -0.3 is 14.0 Å². The Morgan fingerprint density at radius 1 is 0.810 bits per heavy atom. The second-order valence-electron chi connectivity index (χ2n) is 6.32. The third-order valence-corrected chi connectivity index (χ3v) is 3.93. The minimum absolute atomic E-state index is 0. The van der Waals surface area contributed by atoms with E-state index in [1.807, 2.05) is 6.07 Å². The first-order valence-corrected chi connectivity index (χ1v) is 8.60. The van der Waals surface area contributed by atoms with Crippen LogP contribution in [0.2, 0.25) is 0 Å². The molecule has 0 spiro atoms. The van der Waals surface area contributed by atoms with Crippen LogP contribution >= 0.6 is 0 Å². The SMILES string of the molecule is C[NH+](C)CCCCCCCCCCCCc1ccco1.[F-]. The van der Waals surface area contributed by atoms with Gasteiger partial charge in [-0.3, -0.25) is 0 Å². The van der Waals surface area contributed by atoms with E-state index in [-0.39, 0.29) is 4.70 Å². The number of unbranched alkanes of at least 4 members (excludes halogenated alkanes) is 9. The summed E-state index contributed by atoms with van der Waals surface area (Å²) < 4.78 is 5.34. The van der Waals surface area contributed by atoms with Gasteiger partial charge in [-0.2, -0.15) is 0 Å². The maximum Gasteiger partial charge on any atom is 0.103 e. The Morgan fingerprint density at radius 3 is 1.81 bits per heavy atom. The highest BCUT2D eigenvalue weighted by atomic mass is 19.0. The Kier molecular flexibility index (Phi) is 13.6. The molecular formula is C18H34FNO. The smallest absolute Gasteiger partial charge is 0.103 e. The lowest BCUT2D eigenvalue weighted by Gasteiger charge is -2.06. The Balaban J connectivity index is 0.00000400. The minimum Gasteiger partial charge on any atom is -1.00 e. The molecule has 0 amide bonds. The fourth-order valence-corrected chi connectivity index (χ4v) is 2.65. The van der Waals surface area contributed by atoms with Gasteiger partial charge in [-0.05, 0) is 31.4 Å². The molecule has 0 aliphatic rings. The van der Waals surface area contributed by atoms with Crippen molar-refractivity contribution < 1.29 is 14.0 Å². The summed E-state index contributed by atoms with van der Waals surface area (Å²) in [4.78, 5) is 1.58. The number of nitrogens with one attached hydrogen (secondary N) is 1. The van der Waals surface area contributed by atoms with Gasteiger partial charge in [0.15, 0.2) is 0 Å². The zero-order valence-electron chi connectivity index (χ0n) is 14.0. The summed E-state index contributed by atoms with van der Waals surface area (Å²) in [5.74, 6) is 1.14. The summed E-state index contributed by atoms with van der Waals surface area (Å²) in [5.41, 5.74) is 0. The lowest BCUT2D eigenvalue weighted by atomic mass is 10.1. The lowest BCUT2D eigenvalue weighted by Crippen LogP contribution is -3.05. The lowest BCUT2D eigenvalue weighted by molar-refractivity contribution is -0.858. The molecule has 0 saturated carbocycles. The second-order valence-corrected chi connectivity index (χ2v) is 6.32. The molecule has 21 heavy (non-hydrogen) atoms. The molecular weight excluding hydrogens is 265 g/mol. The number of halogens is 1. The molecule has 2 nitrogen and oxygen atoms in total. The molecule has 0 radical (unpaired) electrons. The molecule has 1 rings (SSSR count). The number of rotatable bonds is 13. The van der Waals surface area contributed by atoms with Crippen LogP contribution in [0.1, 0.15) is 70.0 Å². The van der Waals surface area contributed by atoms with E-state index in [0.29, 0.717) is 0 Å². The summed E-state index contributed by atoms with van der Waals surface area (Å²) >= 11 is 0. The van der Waals surface area contributed by atoms with Crippen LogP contribution in [0.15, 0.2) is 22.8 Å². The second kappa shape index (κ2) is 14.1. The molecule has 0 saturated heterocycles. The van der Waals surface area contributed by atoms with Crippen molar-refractivity contribution in [3.8, 4) is 0 Å². The van der Waals surface area contributed by atoms with Crippen molar-refractivity contribution in [1.82, 2.24) is 0 Å². The zero-order chi connectivity index (χ0) is 14.5. The normalized spacial score (nSPS) is 10.8. The van der Waals surface area contributed by atoms with E-state index in [9.17, 15) is 0 Å². The zero-order valence-corrected chi connectivity index (χ0v) is 14.0. The van der Waals surface area contributed by atoms with Gasteiger partial charge in [-0.15, -0.1) is 0 Å². The van der Waals surface area contributed by atoms with E-state index in [1.165, 1.54) is 70.8 Å². The molecule has 0 bridgehead atoms. The van der Waals surface area contributed by atoms with Crippen molar-refractivity contribution in [2.45, 2.75) is 70.6 Å². The van der Waals surface area contributed by atoms with E-state index in [4.69, 9.17) is 4.42 Å². The molecule has 1 aromatic rings. The molecule has 1 heterocycles. The fourth-order valence-electron chi connectivity index (χ4n) is 2.65. The highest BCUT2D eigenvalue weighted by Crippen LogP contribution is 2.12. The highest BCUT2D eigenvalue weighted by Gasteiger charge is 1.97. The van der Waals surface area contributed by atoms with E-state index < -0.39 is 0 Å². The first kappa shape index (κ1) is 20.2. The van der Waals surface area contributed by atoms with Crippen molar-refractivity contribution >= 4 is 0 Å². The van der Waals surface area contributed by atoms with Crippen LogP contribution < -0.4 is 9.60 Å². The van der Waals surface area contributed by atoms with Gasteiger partial charge in [0.2, 0.25) is 0 Å². The van der Waals surface area contributed by atoms with Gasteiger partial charge in [0.05, 0.1) is 26.9 Å². The van der Waals surface area contributed by atoms with Crippen LogP contribution in [0.4, 0.5) is 0 Å². The average Bonchev–Trinajstić information content (AvgIpc) is 2.93. The maximum absolute atomic E-state index is 5.34. The molecule has 124 valence electrons. The molecule has 0 aromatic carbocycles. The first-order valence-electron chi connectivity index (χ1n) is 8.60. The molecule has 0 fully saturated rings. The summed E-state index contributed by atoms with van der Waals surface area (Å²) in [6.07, 6.45) is 16.9. The van der Waals surface area contributed by atoms with Crippen molar-refractivity contribution in [2.24, 2.45) is 0 Å². The van der Waals surface area contributed by atoms with Gasteiger partial charge in [-0.25, -0.2) is 0 Å². The molecule has 1 aromatic heterocycles. The van der Waals surface area contributed by atoms with Gasteiger partial charge in [0.1, 0.15) is 5.76 Å². The van der Waals surface area contributed by atoms with Crippen molar-refractivity contribution in [2.75, 3.05) is 20.6 Å². The predicted octanol–water partition coefficient (Wildman–Crippen LogP) is 0.872. The Hall–Kier alpha value is -0.830. The number of aryl methyl sites for hydroxylation is 1. The Morgan fingerprint density at radius 2 is 1.33 bits per heavy atom. The standard InChI is InChI=1S/C18H33NO.FH/c1-19(2)16-12-10-8-6-4-3-5-7-9-11-14-18-15-13-17-20-18;/h13,15,17H,3-12,14,16H2,1-2H3;1H. The van der Waals surface area contributed by atoms with Crippen LogP contribution in [-0.4, -0.2) is 20.6 Å². The molecule has 1 N–H and O–H groups in total. The molecule has 0 aliphatic heterocycles. The largest absolute Gasteiger partial charge is 1.00 e. The van der Waals surface area contributed by atoms with Crippen LogP contribution in [0.3, 0.4) is 0 Å². The number of hydrogen-bond acceptors (Lipinski definition) is 1. The number of hydrogen-bond donors (Lipinski definition) is 1. The van der Waals surface area contributed by atoms with Crippen molar-refractivity contribution in [3.05, 3.63) is 24.2 Å². The Labute approximate surface area is 130 Å². The van der Waals surface area contributed by atoms with Crippen LogP contribution in [-0.2, 0) is 6.42 Å². The molecule has 0 unspecified atom stereocenters. The maximum atomic E-state index is 5.34. The molecule has 3 heteroatoms. The van der Waals surface area contributed by atoms with E-state index in [2.05, 4.69) is 20.2 Å². The van der Waals surface area contributed by atoms with Gasteiger partial charge in [0.25, 0.3) is 0 Å².